The summed E-state index contributed by atoms with van der Waals surface area (Å²) in [7, 11) is 1.85. The van der Waals surface area contributed by atoms with Gasteiger partial charge in [-0.3, -0.25) is 0 Å². The molecule has 9 heavy (non-hydrogen) atoms. The third-order valence-corrected chi connectivity index (χ3v) is 1.40. The van der Waals surface area contributed by atoms with E-state index >= 15 is 0 Å². The standard InChI is InChI=1S/C7H10FN/c1-6-3-4-9(2)5-7(6)8/h3,5H,4H2,1-2H3. The number of hydrogen-bond donors (Lipinski definition) is 0. The van der Waals surface area contributed by atoms with Gasteiger partial charge < -0.3 is 4.90 Å². The number of nitrogens with zero attached hydrogens (tertiary/aromatic N) is 1. The molecular formula is C7H10FN. The summed E-state index contributed by atoms with van der Waals surface area (Å²) in [4.78, 5) is 1.81. The molecule has 1 rings (SSSR count). The van der Waals surface area contributed by atoms with Crippen LogP contribution in [0.5, 0.6) is 0 Å². The van der Waals surface area contributed by atoms with Crippen LogP contribution in [0.2, 0.25) is 0 Å². The molecule has 0 amide bonds. The van der Waals surface area contributed by atoms with Crippen LogP contribution in [0.15, 0.2) is 23.7 Å². The number of hydrogen-bond acceptors (Lipinski definition) is 1. The van der Waals surface area contributed by atoms with E-state index in [1.54, 1.807) is 6.92 Å². The molecule has 0 aromatic heterocycles. The van der Waals surface area contributed by atoms with Crippen molar-refractivity contribution in [2.75, 3.05) is 13.6 Å². The molecule has 0 atom stereocenters. The average Bonchev–Trinajstić information content (AvgIpc) is 1.80. The molecule has 50 valence electrons. The average molecular weight is 127 g/mol. The maximum atomic E-state index is 12.6. The first kappa shape index (κ1) is 6.33. The molecule has 0 aromatic rings. The SMILES string of the molecule is CC1=CCN(C)C=C1F. The Kier molecular flexibility index (Phi) is 1.56. The Morgan fingerprint density at radius 2 is 2.33 bits per heavy atom. The molecule has 0 fully saturated rings. The fraction of sp³-hybridized carbons (Fsp3) is 0.429. The minimum absolute atomic E-state index is 0.122. The molecular weight excluding hydrogens is 117 g/mol. The van der Waals surface area contributed by atoms with Crippen molar-refractivity contribution in [2.45, 2.75) is 6.92 Å². The summed E-state index contributed by atoms with van der Waals surface area (Å²) in [5.74, 6) is -0.122. The molecule has 0 saturated heterocycles. The van der Waals surface area contributed by atoms with Crippen molar-refractivity contribution in [3.8, 4) is 0 Å². The van der Waals surface area contributed by atoms with Gasteiger partial charge >= 0.3 is 0 Å². The van der Waals surface area contributed by atoms with Crippen LogP contribution in [0.3, 0.4) is 0 Å². The highest BCUT2D eigenvalue weighted by Gasteiger charge is 2.04. The maximum Gasteiger partial charge on any atom is 0.141 e. The van der Waals surface area contributed by atoms with Crippen LogP contribution < -0.4 is 0 Å². The van der Waals surface area contributed by atoms with Crippen LogP contribution in [0.4, 0.5) is 4.39 Å². The van der Waals surface area contributed by atoms with Crippen molar-refractivity contribution in [1.82, 2.24) is 4.90 Å². The third-order valence-electron chi connectivity index (χ3n) is 1.40. The van der Waals surface area contributed by atoms with Gasteiger partial charge in [0.05, 0.1) is 0 Å². The second-order valence-corrected chi connectivity index (χ2v) is 2.30. The van der Waals surface area contributed by atoms with E-state index in [0.29, 0.717) is 0 Å². The molecule has 1 aliphatic rings. The second kappa shape index (κ2) is 2.21. The lowest BCUT2D eigenvalue weighted by atomic mass is 10.2. The predicted octanol–water partition coefficient (Wildman–Crippen LogP) is 1.69. The first-order chi connectivity index (χ1) is 4.20. The Hall–Kier alpha value is -0.790. The number of allylic oxidation sites excluding steroid dienone is 2. The van der Waals surface area contributed by atoms with E-state index in [2.05, 4.69) is 0 Å². The van der Waals surface area contributed by atoms with Gasteiger partial charge in [-0.15, -0.1) is 0 Å². The Balaban J connectivity index is 2.75. The predicted molar refractivity (Wildman–Crippen MR) is 35.6 cm³/mol. The van der Waals surface area contributed by atoms with Crippen LogP contribution in [0, 0.1) is 0 Å². The van der Waals surface area contributed by atoms with Crippen molar-refractivity contribution in [1.29, 1.82) is 0 Å². The lowest BCUT2D eigenvalue weighted by molar-refractivity contribution is 0.468. The van der Waals surface area contributed by atoms with Crippen LogP contribution in [0.1, 0.15) is 6.92 Å². The summed E-state index contributed by atoms with van der Waals surface area (Å²) in [6, 6.07) is 0. The first-order valence-corrected chi connectivity index (χ1v) is 2.95. The van der Waals surface area contributed by atoms with Crippen LogP contribution in [-0.4, -0.2) is 18.5 Å². The van der Waals surface area contributed by atoms with Gasteiger partial charge in [-0.05, 0) is 12.5 Å². The molecule has 0 radical (unpaired) electrons. The van der Waals surface area contributed by atoms with E-state index in [1.807, 2.05) is 18.0 Å². The molecule has 0 saturated carbocycles. The topological polar surface area (TPSA) is 3.24 Å². The van der Waals surface area contributed by atoms with Gasteiger partial charge in [0.25, 0.3) is 0 Å². The highest BCUT2D eigenvalue weighted by atomic mass is 19.1. The minimum Gasteiger partial charge on any atom is -0.374 e. The molecule has 0 bridgehead atoms. The summed E-state index contributed by atoms with van der Waals surface area (Å²) in [5.41, 5.74) is 0.744. The molecule has 1 nitrogen and oxygen atoms in total. The quantitative estimate of drug-likeness (QED) is 0.478. The maximum absolute atomic E-state index is 12.6. The first-order valence-electron chi connectivity index (χ1n) is 2.95. The summed E-state index contributed by atoms with van der Waals surface area (Å²) >= 11 is 0. The van der Waals surface area contributed by atoms with E-state index in [9.17, 15) is 4.39 Å². The zero-order valence-corrected chi connectivity index (χ0v) is 5.69. The molecule has 0 spiro atoms. The van der Waals surface area contributed by atoms with Gasteiger partial charge in [-0.1, -0.05) is 6.08 Å². The Morgan fingerprint density at radius 3 is 2.78 bits per heavy atom. The molecule has 0 aliphatic carbocycles. The van der Waals surface area contributed by atoms with Gasteiger partial charge in [-0.25, -0.2) is 4.39 Å². The van der Waals surface area contributed by atoms with Crippen molar-refractivity contribution in [2.24, 2.45) is 0 Å². The normalized spacial score (nSPS) is 19.2. The van der Waals surface area contributed by atoms with Gasteiger partial charge in [0.1, 0.15) is 5.83 Å². The summed E-state index contributed by atoms with van der Waals surface area (Å²) in [5, 5.41) is 0. The number of rotatable bonds is 0. The van der Waals surface area contributed by atoms with Crippen LogP contribution >= 0.6 is 0 Å². The summed E-state index contributed by atoms with van der Waals surface area (Å²) in [6.45, 7) is 2.60. The zero-order chi connectivity index (χ0) is 6.85. The fourth-order valence-electron chi connectivity index (χ4n) is 0.726. The van der Waals surface area contributed by atoms with E-state index in [1.165, 1.54) is 6.20 Å². The second-order valence-electron chi connectivity index (χ2n) is 2.30. The van der Waals surface area contributed by atoms with E-state index < -0.39 is 0 Å². The minimum atomic E-state index is -0.122. The smallest absolute Gasteiger partial charge is 0.141 e. The summed E-state index contributed by atoms with van der Waals surface area (Å²) < 4.78 is 12.6. The van der Waals surface area contributed by atoms with E-state index in [0.717, 1.165) is 12.1 Å². The molecule has 1 heterocycles. The van der Waals surface area contributed by atoms with Crippen molar-refractivity contribution < 1.29 is 4.39 Å². The lowest BCUT2D eigenvalue weighted by Gasteiger charge is -2.16. The highest BCUT2D eigenvalue weighted by Crippen LogP contribution is 2.14. The molecule has 0 aromatic carbocycles. The van der Waals surface area contributed by atoms with Crippen molar-refractivity contribution in [3.05, 3.63) is 23.7 Å². The van der Waals surface area contributed by atoms with Crippen LogP contribution in [0.25, 0.3) is 0 Å². The van der Waals surface area contributed by atoms with E-state index in [-0.39, 0.29) is 5.83 Å². The Bertz CT molecular complexity index is 170. The van der Waals surface area contributed by atoms with Crippen molar-refractivity contribution in [3.63, 3.8) is 0 Å². The van der Waals surface area contributed by atoms with Gasteiger partial charge in [0, 0.05) is 19.8 Å². The zero-order valence-electron chi connectivity index (χ0n) is 5.69. The highest BCUT2D eigenvalue weighted by molar-refractivity contribution is 5.25. The van der Waals surface area contributed by atoms with Gasteiger partial charge in [0.15, 0.2) is 0 Å². The molecule has 2 heteroatoms. The largest absolute Gasteiger partial charge is 0.374 e. The third kappa shape index (κ3) is 1.31. The Labute approximate surface area is 54.5 Å². The number of halogens is 1. The van der Waals surface area contributed by atoms with Gasteiger partial charge in [0.2, 0.25) is 0 Å². The monoisotopic (exact) mass is 127 g/mol. The fourth-order valence-corrected chi connectivity index (χ4v) is 0.726. The molecule has 0 unspecified atom stereocenters. The van der Waals surface area contributed by atoms with Gasteiger partial charge in [-0.2, -0.15) is 0 Å². The summed E-state index contributed by atoms with van der Waals surface area (Å²) in [6.07, 6.45) is 3.38. The van der Waals surface area contributed by atoms with Crippen molar-refractivity contribution >= 4 is 0 Å². The van der Waals surface area contributed by atoms with E-state index in [4.69, 9.17) is 0 Å². The Morgan fingerprint density at radius 1 is 1.67 bits per heavy atom. The number of likely N-dealkylation sites (N-methyl/N-ethyl adjacent to an activating group) is 1. The molecule has 0 N–H and O–H groups in total. The molecule has 1 aliphatic heterocycles. The van der Waals surface area contributed by atoms with Crippen LogP contribution in [-0.2, 0) is 0 Å². The lowest BCUT2D eigenvalue weighted by Crippen LogP contribution is -2.14.